The number of nitrogens with zero attached hydrogens (tertiary/aromatic N) is 3. The summed E-state index contributed by atoms with van der Waals surface area (Å²) in [6.45, 7) is 4.23. The number of benzene rings is 2. The van der Waals surface area contributed by atoms with Gasteiger partial charge in [0.15, 0.2) is 0 Å². The van der Waals surface area contributed by atoms with Crippen molar-refractivity contribution in [2.24, 2.45) is 0 Å². The summed E-state index contributed by atoms with van der Waals surface area (Å²) >= 11 is 0. The minimum Gasteiger partial charge on any atom is -0.478 e. The molecule has 6 nitrogen and oxygen atoms in total. The average Bonchev–Trinajstić information content (AvgIpc) is 3.14. The van der Waals surface area contributed by atoms with Crippen LogP contribution in [-0.2, 0) is 22.7 Å². The Morgan fingerprint density at radius 2 is 1.90 bits per heavy atom. The van der Waals surface area contributed by atoms with Gasteiger partial charge in [-0.2, -0.15) is 0 Å². The Bertz CT molecular complexity index is 964. The van der Waals surface area contributed by atoms with Crippen LogP contribution >= 0.6 is 0 Å². The lowest BCUT2D eigenvalue weighted by molar-refractivity contribution is -0.131. The van der Waals surface area contributed by atoms with E-state index in [0.717, 1.165) is 67.1 Å². The van der Waals surface area contributed by atoms with E-state index in [0.29, 0.717) is 6.61 Å². The molecule has 0 saturated carbocycles. The summed E-state index contributed by atoms with van der Waals surface area (Å²) in [5, 5.41) is 17.4. The quantitative estimate of drug-likeness (QED) is 0.380. The lowest BCUT2D eigenvalue weighted by Crippen LogP contribution is -2.01. The third kappa shape index (κ3) is 5.99. The second-order valence-corrected chi connectivity index (χ2v) is 7.08. The number of rotatable bonds is 11. The van der Waals surface area contributed by atoms with Gasteiger partial charge in [-0.15, -0.1) is 5.10 Å². The van der Waals surface area contributed by atoms with Gasteiger partial charge in [0.1, 0.15) is 5.52 Å². The summed E-state index contributed by atoms with van der Waals surface area (Å²) in [5.41, 5.74) is 4.82. The summed E-state index contributed by atoms with van der Waals surface area (Å²) in [6, 6.07) is 14.1. The maximum Gasteiger partial charge on any atom is 0.328 e. The molecule has 0 spiro atoms. The summed E-state index contributed by atoms with van der Waals surface area (Å²) in [7, 11) is 0. The van der Waals surface area contributed by atoms with Crippen molar-refractivity contribution in [3.8, 4) is 0 Å². The number of aliphatic carboxylic acids is 1. The van der Waals surface area contributed by atoms with E-state index in [9.17, 15) is 4.79 Å². The van der Waals surface area contributed by atoms with Crippen LogP contribution in [0.25, 0.3) is 17.1 Å². The molecule has 0 saturated heterocycles. The molecule has 1 N–H and O–H groups in total. The van der Waals surface area contributed by atoms with Gasteiger partial charge >= 0.3 is 5.97 Å². The lowest BCUT2D eigenvalue weighted by atomic mass is 10.1. The molecule has 6 heteroatoms. The molecule has 1 heterocycles. The highest BCUT2D eigenvalue weighted by Crippen LogP contribution is 2.21. The van der Waals surface area contributed by atoms with E-state index >= 15 is 0 Å². The van der Waals surface area contributed by atoms with Crippen LogP contribution in [0.4, 0.5) is 0 Å². The van der Waals surface area contributed by atoms with Gasteiger partial charge in [0.25, 0.3) is 0 Å². The predicted molar refractivity (Wildman–Crippen MR) is 114 cm³/mol. The van der Waals surface area contributed by atoms with Crippen LogP contribution in [0.3, 0.4) is 0 Å². The molecule has 0 amide bonds. The number of unbranched alkanes of at least 4 members (excludes halogenated alkanes) is 3. The van der Waals surface area contributed by atoms with Crippen molar-refractivity contribution in [1.82, 2.24) is 15.0 Å². The van der Waals surface area contributed by atoms with E-state index in [-0.39, 0.29) is 0 Å². The molecular formula is C23H27N3O3. The Balaban J connectivity index is 1.40. The first-order chi connectivity index (χ1) is 14.1. The molecule has 0 bridgehead atoms. The van der Waals surface area contributed by atoms with Crippen molar-refractivity contribution in [3.63, 3.8) is 0 Å². The Morgan fingerprint density at radius 1 is 1.10 bits per heavy atom. The van der Waals surface area contributed by atoms with E-state index in [1.807, 2.05) is 41.9 Å². The first-order valence-electron chi connectivity index (χ1n) is 10.0. The van der Waals surface area contributed by atoms with Crippen LogP contribution < -0.4 is 0 Å². The lowest BCUT2D eigenvalue weighted by Gasteiger charge is -2.06. The third-order valence-electron chi connectivity index (χ3n) is 4.91. The van der Waals surface area contributed by atoms with Crippen molar-refractivity contribution in [2.75, 3.05) is 6.61 Å². The molecule has 3 rings (SSSR count). The van der Waals surface area contributed by atoms with Crippen molar-refractivity contribution in [2.45, 2.75) is 45.8 Å². The molecule has 0 aliphatic carbocycles. The third-order valence-corrected chi connectivity index (χ3v) is 4.91. The first kappa shape index (κ1) is 20.7. The molecule has 0 unspecified atom stereocenters. The minimum atomic E-state index is -0.960. The summed E-state index contributed by atoms with van der Waals surface area (Å²) in [4.78, 5) is 10.7. The second-order valence-electron chi connectivity index (χ2n) is 7.08. The van der Waals surface area contributed by atoms with Crippen LogP contribution in [0.5, 0.6) is 0 Å². The largest absolute Gasteiger partial charge is 0.478 e. The fourth-order valence-corrected chi connectivity index (χ4v) is 3.27. The van der Waals surface area contributed by atoms with Crippen LogP contribution in [-0.4, -0.2) is 32.7 Å². The van der Waals surface area contributed by atoms with Gasteiger partial charge in [-0.05, 0) is 48.6 Å². The number of ether oxygens (including phenoxy) is 1. The van der Waals surface area contributed by atoms with E-state index in [2.05, 4.69) is 22.4 Å². The van der Waals surface area contributed by atoms with Crippen LogP contribution in [0, 0.1) is 6.92 Å². The van der Waals surface area contributed by atoms with Crippen molar-refractivity contribution < 1.29 is 14.6 Å². The van der Waals surface area contributed by atoms with E-state index in [1.165, 1.54) is 5.56 Å². The van der Waals surface area contributed by atoms with Gasteiger partial charge < -0.3 is 9.84 Å². The highest BCUT2D eigenvalue weighted by atomic mass is 16.5. The number of carboxylic acids is 1. The van der Waals surface area contributed by atoms with E-state index in [4.69, 9.17) is 9.84 Å². The maximum absolute atomic E-state index is 10.7. The number of hydrogen-bond acceptors (Lipinski definition) is 4. The molecule has 3 aromatic rings. The fraction of sp³-hybridized carbons (Fsp3) is 0.348. The average molecular weight is 393 g/mol. The number of hydrogen-bond donors (Lipinski definition) is 1. The van der Waals surface area contributed by atoms with Gasteiger partial charge in [0, 0.05) is 19.2 Å². The Kier molecular flexibility index (Phi) is 7.53. The fourth-order valence-electron chi connectivity index (χ4n) is 3.27. The SMILES string of the molecule is Cc1c(/C=C/C(=O)O)ccc2c1nnn2CCCCCCOCc1ccccc1. The molecule has 0 radical (unpaired) electrons. The first-order valence-corrected chi connectivity index (χ1v) is 10.0. The molecule has 29 heavy (non-hydrogen) atoms. The summed E-state index contributed by atoms with van der Waals surface area (Å²) in [6.07, 6.45) is 7.08. The topological polar surface area (TPSA) is 77.2 Å². The summed E-state index contributed by atoms with van der Waals surface area (Å²) < 4.78 is 7.65. The molecule has 152 valence electrons. The normalized spacial score (nSPS) is 11.5. The van der Waals surface area contributed by atoms with Gasteiger partial charge in [-0.1, -0.05) is 54.5 Å². The molecule has 0 aliphatic rings. The summed E-state index contributed by atoms with van der Waals surface area (Å²) in [5.74, 6) is -0.960. The molecule has 0 fully saturated rings. The van der Waals surface area contributed by atoms with E-state index in [1.54, 1.807) is 6.08 Å². The predicted octanol–water partition coefficient (Wildman–Crippen LogP) is 4.61. The molecule has 2 aromatic carbocycles. The van der Waals surface area contributed by atoms with Crippen molar-refractivity contribution in [3.05, 3.63) is 65.2 Å². The Morgan fingerprint density at radius 3 is 2.69 bits per heavy atom. The number of fused-ring (bicyclic) bond motifs is 1. The zero-order chi connectivity index (χ0) is 20.5. The smallest absolute Gasteiger partial charge is 0.328 e. The van der Waals surface area contributed by atoms with Crippen molar-refractivity contribution >= 4 is 23.1 Å². The van der Waals surface area contributed by atoms with Gasteiger partial charge in [-0.25, -0.2) is 9.48 Å². The second kappa shape index (κ2) is 10.5. The number of aromatic nitrogens is 3. The number of carboxylic acid groups (broad SMARTS) is 1. The van der Waals surface area contributed by atoms with Crippen LogP contribution in [0.1, 0.15) is 42.4 Å². The van der Waals surface area contributed by atoms with Gasteiger partial charge in [0.2, 0.25) is 0 Å². The zero-order valence-corrected chi connectivity index (χ0v) is 16.8. The maximum atomic E-state index is 10.7. The van der Waals surface area contributed by atoms with Crippen LogP contribution in [0.2, 0.25) is 0 Å². The molecule has 0 atom stereocenters. The van der Waals surface area contributed by atoms with Crippen LogP contribution in [0.15, 0.2) is 48.5 Å². The molecular weight excluding hydrogens is 366 g/mol. The van der Waals surface area contributed by atoms with Gasteiger partial charge in [0.05, 0.1) is 12.1 Å². The highest BCUT2D eigenvalue weighted by Gasteiger charge is 2.09. The number of carbonyl (C=O) groups is 1. The molecule has 0 aliphatic heterocycles. The zero-order valence-electron chi connectivity index (χ0n) is 16.8. The monoisotopic (exact) mass is 393 g/mol. The minimum absolute atomic E-state index is 0.675. The standard InChI is InChI=1S/C23H27N3O3/c1-18-20(12-14-22(27)28)11-13-21-23(18)24-25-26(21)15-7-2-3-8-16-29-17-19-9-5-4-6-10-19/h4-6,9-14H,2-3,7-8,15-17H2,1H3,(H,27,28)/b14-12+. The Hall–Kier alpha value is -2.99. The van der Waals surface area contributed by atoms with Crippen molar-refractivity contribution in [1.29, 1.82) is 0 Å². The van der Waals surface area contributed by atoms with E-state index < -0.39 is 5.97 Å². The highest BCUT2D eigenvalue weighted by molar-refractivity contribution is 5.88. The number of aryl methyl sites for hydroxylation is 2. The molecule has 1 aromatic heterocycles. The van der Waals surface area contributed by atoms with Gasteiger partial charge in [-0.3, -0.25) is 0 Å². The Labute approximate surface area is 170 Å².